The first-order valence-electron chi connectivity index (χ1n) is 4.68. The Morgan fingerprint density at radius 1 is 1.53 bits per heavy atom. The van der Waals surface area contributed by atoms with E-state index >= 15 is 0 Å². The van der Waals surface area contributed by atoms with Crippen molar-refractivity contribution >= 4 is 27.5 Å². The van der Waals surface area contributed by atoms with Gasteiger partial charge >= 0.3 is 0 Å². The zero-order valence-electron chi connectivity index (χ0n) is 7.91. The van der Waals surface area contributed by atoms with Crippen LogP contribution >= 0.6 is 27.5 Å². The molecule has 0 amide bonds. The molecule has 1 heterocycles. The quantitative estimate of drug-likeness (QED) is 0.788. The second-order valence-corrected chi connectivity index (χ2v) is 4.75. The van der Waals surface area contributed by atoms with Gasteiger partial charge in [0.25, 0.3) is 0 Å². The summed E-state index contributed by atoms with van der Waals surface area (Å²) in [5.41, 5.74) is 0.979. The summed E-state index contributed by atoms with van der Waals surface area (Å²) in [6.07, 6.45) is 0.676. The van der Waals surface area contributed by atoms with Gasteiger partial charge in [-0.2, -0.15) is 5.26 Å². The zero-order valence-corrected chi connectivity index (χ0v) is 10.3. The number of nitriles is 1. The molecular formula is C11H9BrClNO. The number of hydrogen-bond donors (Lipinski definition) is 0. The summed E-state index contributed by atoms with van der Waals surface area (Å²) < 4.78 is 6.40. The molecule has 1 aliphatic rings. The molecule has 1 aromatic carbocycles. The second-order valence-electron chi connectivity index (χ2n) is 3.49. The summed E-state index contributed by atoms with van der Waals surface area (Å²) in [6, 6.07) is 7.94. The van der Waals surface area contributed by atoms with E-state index in [1.54, 1.807) is 0 Å². The third-order valence-electron chi connectivity index (χ3n) is 2.53. The molecule has 0 radical (unpaired) electrons. The molecule has 4 heteroatoms. The van der Waals surface area contributed by atoms with Crippen LogP contribution < -0.4 is 0 Å². The first-order chi connectivity index (χ1) is 7.22. The number of halogens is 2. The van der Waals surface area contributed by atoms with E-state index in [4.69, 9.17) is 21.6 Å². The number of ether oxygens (including phenoxy) is 1. The highest BCUT2D eigenvalue weighted by Crippen LogP contribution is 2.36. The Morgan fingerprint density at radius 3 is 3.00 bits per heavy atom. The molecule has 1 fully saturated rings. The van der Waals surface area contributed by atoms with Crippen LogP contribution in [0.3, 0.4) is 0 Å². The van der Waals surface area contributed by atoms with Crippen molar-refractivity contribution in [1.29, 1.82) is 5.26 Å². The van der Waals surface area contributed by atoms with Gasteiger partial charge in [0.15, 0.2) is 0 Å². The van der Waals surface area contributed by atoms with Crippen molar-refractivity contribution in [2.24, 2.45) is 5.92 Å². The zero-order chi connectivity index (χ0) is 10.8. The lowest BCUT2D eigenvalue weighted by Crippen LogP contribution is -2.05. The van der Waals surface area contributed by atoms with Crippen molar-refractivity contribution in [3.63, 3.8) is 0 Å². The van der Waals surface area contributed by atoms with Crippen molar-refractivity contribution in [3.05, 3.63) is 33.3 Å². The Labute approximate surface area is 102 Å². The maximum absolute atomic E-state index is 8.95. The van der Waals surface area contributed by atoms with Crippen LogP contribution in [0, 0.1) is 17.2 Å². The lowest BCUT2D eigenvalue weighted by molar-refractivity contribution is 0.101. The largest absolute Gasteiger partial charge is 0.372 e. The maximum Gasteiger partial charge on any atom is 0.0984 e. The minimum atomic E-state index is -0.124. The normalized spacial score (nSPS) is 25.1. The Morgan fingerprint density at radius 2 is 2.33 bits per heavy atom. The highest BCUT2D eigenvalue weighted by Gasteiger charge is 2.29. The fourth-order valence-corrected chi connectivity index (χ4v) is 2.18. The number of benzene rings is 1. The van der Waals surface area contributed by atoms with Crippen LogP contribution in [-0.2, 0) is 4.74 Å². The average Bonchev–Trinajstić information content (AvgIpc) is 2.70. The van der Waals surface area contributed by atoms with Crippen LogP contribution in [0.15, 0.2) is 22.7 Å². The second kappa shape index (κ2) is 4.52. The molecule has 0 bridgehead atoms. The van der Waals surface area contributed by atoms with Crippen LogP contribution in [0.5, 0.6) is 0 Å². The maximum atomic E-state index is 8.95. The Balaban J connectivity index is 2.30. The fourth-order valence-electron chi connectivity index (χ4n) is 1.74. The fraction of sp³-hybridized carbons (Fsp3) is 0.364. The molecule has 2 atom stereocenters. The Hall–Kier alpha value is -0.560. The molecule has 1 aliphatic heterocycles. The van der Waals surface area contributed by atoms with Gasteiger partial charge in [-0.1, -0.05) is 17.7 Å². The number of hydrogen-bond acceptors (Lipinski definition) is 2. The van der Waals surface area contributed by atoms with E-state index in [2.05, 4.69) is 22.0 Å². The van der Waals surface area contributed by atoms with E-state index in [0.717, 1.165) is 16.5 Å². The molecule has 0 aromatic heterocycles. The third kappa shape index (κ3) is 2.17. The van der Waals surface area contributed by atoms with E-state index in [-0.39, 0.29) is 12.0 Å². The minimum absolute atomic E-state index is 0.0535. The van der Waals surface area contributed by atoms with Gasteiger partial charge in [-0.25, -0.2) is 0 Å². The van der Waals surface area contributed by atoms with Gasteiger partial charge in [-0.05, 0) is 40.0 Å². The molecule has 78 valence electrons. The highest BCUT2D eigenvalue weighted by atomic mass is 79.9. The summed E-state index contributed by atoms with van der Waals surface area (Å²) in [7, 11) is 0. The summed E-state index contributed by atoms with van der Waals surface area (Å²) in [5.74, 6) is -0.0535. The smallest absolute Gasteiger partial charge is 0.0984 e. The van der Waals surface area contributed by atoms with Gasteiger partial charge in [0.1, 0.15) is 0 Å². The van der Waals surface area contributed by atoms with E-state index in [1.807, 2.05) is 18.2 Å². The molecule has 2 rings (SSSR count). The van der Waals surface area contributed by atoms with Gasteiger partial charge in [0.2, 0.25) is 0 Å². The lowest BCUT2D eigenvalue weighted by Gasteiger charge is -2.13. The van der Waals surface area contributed by atoms with Gasteiger partial charge in [-0.3, -0.25) is 0 Å². The van der Waals surface area contributed by atoms with Crippen LogP contribution in [0.1, 0.15) is 18.1 Å². The molecule has 15 heavy (non-hydrogen) atoms. The average molecular weight is 287 g/mol. The van der Waals surface area contributed by atoms with Crippen LogP contribution in [0.2, 0.25) is 5.02 Å². The summed E-state index contributed by atoms with van der Waals surface area (Å²) in [4.78, 5) is 0. The first kappa shape index (κ1) is 10.9. The predicted molar refractivity (Wildman–Crippen MR) is 61.6 cm³/mol. The SMILES string of the molecule is N#CC1CCOC1c1ccc(Br)c(Cl)c1. The van der Waals surface area contributed by atoms with E-state index in [1.165, 1.54) is 0 Å². The molecule has 0 saturated carbocycles. The first-order valence-corrected chi connectivity index (χ1v) is 5.85. The van der Waals surface area contributed by atoms with E-state index in [9.17, 15) is 0 Å². The Kier molecular flexibility index (Phi) is 3.30. The predicted octanol–water partition coefficient (Wildman–Crippen LogP) is 3.70. The molecule has 1 aromatic rings. The summed E-state index contributed by atoms with van der Waals surface area (Å²) in [6.45, 7) is 0.649. The van der Waals surface area contributed by atoms with Crippen molar-refractivity contribution in [2.45, 2.75) is 12.5 Å². The summed E-state index contributed by atoms with van der Waals surface area (Å²) in [5, 5.41) is 9.60. The van der Waals surface area contributed by atoms with Crippen LogP contribution in [0.4, 0.5) is 0 Å². The monoisotopic (exact) mass is 285 g/mol. The molecule has 0 aliphatic carbocycles. The molecular weight excluding hydrogens is 277 g/mol. The highest BCUT2D eigenvalue weighted by molar-refractivity contribution is 9.10. The van der Waals surface area contributed by atoms with Crippen molar-refractivity contribution < 1.29 is 4.74 Å². The molecule has 2 unspecified atom stereocenters. The van der Waals surface area contributed by atoms with Gasteiger partial charge < -0.3 is 4.74 Å². The van der Waals surface area contributed by atoms with Gasteiger partial charge in [0.05, 0.1) is 23.1 Å². The molecule has 0 spiro atoms. The minimum Gasteiger partial charge on any atom is -0.372 e. The summed E-state index contributed by atoms with van der Waals surface area (Å²) >= 11 is 9.33. The van der Waals surface area contributed by atoms with Crippen molar-refractivity contribution in [3.8, 4) is 6.07 Å². The number of nitrogens with zero attached hydrogens (tertiary/aromatic N) is 1. The Bertz CT molecular complexity index is 416. The standard InChI is InChI=1S/C11H9BrClNO/c12-9-2-1-7(5-10(9)13)11-8(6-14)3-4-15-11/h1-2,5,8,11H,3-4H2. The van der Waals surface area contributed by atoms with Crippen molar-refractivity contribution in [2.75, 3.05) is 6.61 Å². The molecule has 0 N–H and O–H groups in total. The van der Waals surface area contributed by atoms with Gasteiger partial charge in [-0.15, -0.1) is 0 Å². The van der Waals surface area contributed by atoms with Crippen LogP contribution in [-0.4, -0.2) is 6.61 Å². The third-order valence-corrected chi connectivity index (χ3v) is 3.76. The lowest BCUT2D eigenvalue weighted by atomic mass is 9.97. The van der Waals surface area contributed by atoms with Crippen molar-refractivity contribution in [1.82, 2.24) is 0 Å². The number of rotatable bonds is 1. The van der Waals surface area contributed by atoms with Gasteiger partial charge in [0, 0.05) is 11.1 Å². The van der Waals surface area contributed by atoms with E-state index in [0.29, 0.717) is 11.6 Å². The molecule has 2 nitrogen and oxygen atoms in total. The van der Waals surface area contributed by atoms with E-state index < -0.39 is 0 Å². The molecule has 1 saturated heterocycles. The van der Waals surface area contributed by atoms with Crippen LogP contribution in [0.25, 0.3) is 0 Å². The topological polar surface area (TPSA) is 33.0 Å².